The molecule has 9 aromatic rings. The third-order valence-electron chi connectivity index (χ3n) is 8.57. The highest BCUT2D eigenvalue weighted by molar-refractivity contribution is 7.26. The minimum Gasteiger partial charge on any atom is -0.255 e. The van der Waals surface area contributed by atoms with E-state index >= 15 is 0 Å². The molecular weight excluding hydrogens is 593 g/mol. The lowest BCUT2D eigenvalue weighted by Crippen LogP contribution is -1.94. The fourth-order valence-electron chi connectivity index (χ4n) is 6.32. The standard InChI is InChI=1S/C42H26N4S/c1-2-11-27(12-3-1)41-42-40(33-15-4-5-18-39(33)47-42)32-20-19-30(24-36(32)46-41)28-13-10-14-29(23-28)31-25-37(34-16-6-8-21-43-34)45-38(26-31)35-17-7-9-22-44-35/h1-26H. The van der Waals surface area contributed by atoms with Crippen molar-refractivity contribution < 1.29 is 0 Å². The Morgan fingerprint density at radius 1 is 0.404 bits per heavy atom. The van der Waals surface area contributed by atoms with Crippen LogP contribution in [0.5, 0.6) is 0 Å². The van der Waals surface area contributed by atoms with Crippen LogP contribution in [-0.2, 0) is 0 Å². The quantitative estimate of drug-likeness (QED) is 0.193. The predicted molar refractivity (Wildman–Crippen MR) is 195 cm³/mol. The van der Waals surface area contributed by atoms with Crippen LogP contribution in [0.4, 0.5) is 0 Å². The Kier molecular flexibility index (Phi) is 6.61. The highest BCUT2D eigenvalue weighted by Gasteiger charge is 2.17. The molecule has 0 aliphatic rings. The zero-order valence-electron chi connectivity index (χ0n) is 25.2. The number of nitrogens with zero attached hydrogens (tertiary/aromatic N) is 4. The molecular formula is C42H26N4S. The van der Waals surface area contributed by atoms with Gasteiger partial charge in [-0.25, -0.2) is 9.97 Å². The van der Waals surface area contributed by atoms with Gasteiger partial charge in [0.2, 0.25) is 0 Å². The first-order valence-corrected chi connectivity index (χ1v) is 16.4. The first-order valence-electron chi connectivity index (χ1n) is 15.5. The number of fused-ring (bicyclic) bond motifs is 5. The first-order chi connectivity index (χ1) is 23.3. The lowest BCUT2D eigenvalue weighted by atomic mass is 9.96. The molecule has 0 saturated carbocycles. The maximum absolute atomic E-state index is 5.31. The molecule has 0 saturated heterocycles. The molecule has 0 atom stereocenters. The van der Waals surface area contributed by atoms with Crippen LogP contribution < -0.4 is 0 Å². The number of benzene rings is 4. The molecule has 0 N–H and O–H groups in total. The van der Waals surface area contributed by atoms with Crippen molar-refractivity contribution in [3.63, 3.8) is 0 Å². The SMILES string of the molecule is c1ccc(-c2nc3cc(-c4cccc(-c5cc(-c6ccccn6)nc(-c6ccccn6)c5)c4)ccc3c3c2sc2ccccc23)cc1. The molecule has 0 radical (unpaired) electrons. The van der Waals surface area contributed by atoms with Crippen molar-refractivity contribution in [3.8, 4) is 56.3 Å². The summed E-state index contributed by atoms with van der Waals surface area (Å²) in [6, 6.07) is 50.6. The topological polar surface area (TPSA) is 51.6 Å². The maximum Gasteiger partial charge on any atom is 0.0900 e. The minimum atomic E-state index is 0.810. The van der Waals surface area contributed by atoms with Gasteiger partial charge in [-0.05, 0) is 76.9 Å². The van der Waals surface area contributed by atoms with Crippen LogP contribution >= 0.6 is 11.3 Å². The van der Waals surface area contributed by atoms with E-state index in [1.165, 1.54) is 25.6 Å². The largest absolute Gasteiger partial charge is 0.255 e. The van der Waals surface area contributed by atoms with Gasteiger partial charge in [0.1, 0.15) is 0 Å². The van der Waals surface area contributed by atoms with Gasteiger partial charge in [0.25, 0.3) is 0 Å². The Morgan fingerprint density at radius 3 is 1.77 bits per heavy atom. The van der Waals surface area contributed by atoms with Crippen molar-refractivity contribution in [2.24, 2.45) is 0 Å². The number of rotatable bonds is 5. The second kappa shape index (κ2) is 11.4. The summed E-state index contributed by atoms with van der Waals surface area (Å²) in [4.78, 5) is 19.4. The Balaban J connectivity index is 1.20. The molecule has 0 spiro atoms. The molecule has 0 aliphatic heterocycles. The van der Waals surface area contributed by atoms with E-state index < -0.39 is 0 Å². The van der Waals surface area contributed by atoms with Crippen LogP contribution in [-0.4, -0.2) is 19.9 Å². The van der Waals surface area contributed by atoms with Gasteiger partial charge in [-0.1, -0.05) is 91.0 Å². The summed E-state index contributed by atoms with van der Waals surface area (Å²) >= 11 is 1.82. The maximum atomic E-state index is 5.31. The normalized spacial score (nSPS) is 11.4. The number of hydrogen-bond acceptors (Lipinski definition) is 5. The van der Waals surface area contributed by atoms with E-state index in [-0.39, 0.29) is 0 Å². The van der Waals surface area contributed by atoms with E-state index in [1.807, 2.05) is 47.7 Å². The van der Waals surface area contributed by atoms with Crippen molar-refractivity contribution in [2.75, 3.05) is 0 Å². The number of hydrogen-bond donors (Lipinski definition) is 0. The van der Waals surface area contributed by atoms with Crippen LogP contribution in [0.25, 0.3) is 87.4 Å². The summed E-state index contributed by atoms with van der Waals surface area (Å²) in [5.41, 5.74) is 10.8. The van der Waals surface area contributed by atoms with Crippen molar-refractivity contribution in [1.82, 2.24) is 19.9 Å². The lowest BCUT2D eigenvalue weighted by molar-refractivity contribution is 1.22. The van der Waals surface area contributed by atoms with Crippen molar-refractivity contribution in [3.05, 3.63) is 158 Å². The van der Waals surface area contributed by atoms with Gasteiger partial charge in [0.05, 0.1) is 38.7 Å². The average molecular weight is 619 g/mol. The average Bonchev–Trinajstić information content (AvgIpc) is 3.55. The Hall–Kier alpha value is -6.04. The summed E-state index contributed by atoms with van der Waals surface area (Å²) in [6.07, 6.45) is 3.60. The summed E-state index contributed by atoms with van der Waals surface area (Å²) in [5, 5.41) is 3.72. The monoisotopic (exact) mass is 618 g/mol. The van der Waals surface area contributed by atoms with Crippen LogP contribution in [0, 0.1) is 0 Å². The molecule has 9 rings (SSSR count). The van der Waals surface area contributed by atoms with Crippen molar-refractivity contribution in [2.45, 2.75) is 0 Å². The van der Waals surface area contributed by atoms with E-state index in [1.54, 1.807) is 12.4 Å². The smallest absolute Gasteiger partial charge is 0.0900 e. The van der Waals surface area contributed by atoms with Crippen LogP contribution in [0.3, 0.4) is 0 Å². The van der Waals surface area contributed by atoms with Crippen molar-refractivity contribution in [1.29, 1.82) is 0 Å². The molecule has 5 aromatic heterocycles. The summed E-state index contributed by atoms with van der Waals surface area (Å²) in [7, 11) is 0. The van der Waals surface area contributed by atoms with Crippen LogP contribution in [0.15, 0.2) is 158 Å². The van der Waals surface area contributed by atoms with Gasteiger partial charge in [-0.2, -0.15) is 0 Å². The van der Waals surface area contributed by atoms with Gasteiger partial charge >= 0.3 is 0 Å². The van der Waals surface area contributed by atoms with E-state index in [4.69, 9.17) is 9.97 Å². The molecule has 4 aromatic carbocycles. The fourth-order valence-corrected chi connectivity index (χ4v) is 7.55. The van der Waals surface area contributed by atoms with Gasteiger partial charge < -0.3 is 0 Å². The van der Waals surface area contributed by atoms with E-state index in [2.05, 4.69) is 119 Å². The van der Waals surface area contributed by atoms with Crippen LogP contribution in [0.1, 0.15) is 0 Å². The number of pyridine rings is 4. The van der Waals surface area contributed by atoms with E-state index in [9.17, 15) is 0 Å². The molecule has 220 valence electrons. The van der Waals surface area contributed by atoms with Gasteiger partial charge in [0, 0.05) is 38.8 Å². The minimum absolute atomic E-state index is 0.810. The van der Waals surface area contributed by atoms with Crippen molar-refractivity contribution >= 4 is 42.4 Å². The second-order valence-corrected chi connectivity index (χ2v) is 12.5. The Labute approximate surface area is 275 Å². The van der Waals surface area contributed by atoms with Gasteiger partial charge in [-0.15, -0.1) is 11.3 Å². The number of thiophene rings is 1. The summed E-state index contributed by atoms with van der Waals surface area (Å²) in [6.45, 7) is 0. The lowest BCUT2D eigenvalue weighted by Gasteiger charge is -2.12. The zero-order valence-corrected chi connectivity index (χ0v) is 26.0. The molecule has 0 bridgehead atoms. The highest BCUT2D eigenvalue weighted by atomic mass is 32.1. The highest BCUT2D eigenvalue weighted by Crippen LogP contribution is 2.43. The summed E-state index contributed by atoms with van der Waals surface area (Å²) < 4.78 is 2.50. The van der Waals surface area contributed by atoms with E-state index in [0.717, 1.165) is 61.8 Å². The Bertz CT molecular complexity index is 2500. The van der Waals surface area contributed by atoms with Crippen LogP contribution in [0.2, 0.25) is 0 Å². The first kappa shape index (κ1) is 27.3. The third kappa shape index (κ3) is 4.94. The third-order valence-corrected chi connectivity index (χ3v) is 9.74. The molecule has 0 amide bonds. The second-order valence-electron chi connectivity index (χ2n) is 11.5. The molecule has 0 fully saturated rings. The number of aromatic nitrogens is 4. The predicted octanol–water partition coefficient (Wildman–Crippen LogP) is 11.1. The Morgan fingerprint density at radius 2 is 1.04 bits per heavy atom. The molecule has 0 aliphatic carbocycles. The zero-order chi connectivity index (χ0) is 31.2. The molecule has 5 heterocycles. The molecule has 0 unspecified atom stereocenters. The van der Waals surface area contributed by atoms with Gasteiger partial charge in [-0.3, -0.25) is 9.97 Å². The molecule has 5 heteroatoms. The molecule has 47 heavy (non-hydrogen) atoms. The molecule has 4 nitrogen and oxygen atoms in total. The summed E-state index contributed by atoms with van der Waals surface area (Å²) in [5.74, 6) is 0. The van der Waals surface area contributed by atoms with E-state index in [0.29, 0.717) is 0 Å². The fraction of sp³-hybridized carbons (Fsp3) is 0. The van der Waals surface area contributed by atoms with Gasteiger partial charge in [0.15, 0.2) is 0 Å².